The number of imide groups is 1. The van der Waals surface area contributed by atoms with Crippen molar-refractivity contribution in [2.45, 2.75) is 31.4 Å². The number of hydrogen-bond donors (Lipinski definition) is 2. The predicted molar refractivity (Wildman–Crippen MR) is 93.0 cm³/mol. The molecule has 0 bridgehead atoms. The van der Waals surface area contributed by atoms with Crippen molar-refractivity contribution in [3.05, 3.63) is 23.9 Å². The lowest BCUT2D eigenvalue weighted by atomic mass is 10.1. The summed E-state index contributed by atoms with van der Waals surface area (Å²) in [6.45, 7) is 1.88. The molecule has 144 valence electrons. The van der Waals surface area contributed by atoms with Gasteiger partial charge in [0.25, 0.3) is 5.91 Å². The summed E-state index contributed by atoms with van der Waals surface area (Å²) in [5.41, 5.74) is -1.05. The molecule has 0 spiro atoms. The summed E-state index contributed by atoms with van der Waals surface area (Å²) in [6.07, 6.45) is 2.16. The van der Waals surface area contributed by atoms with Crippen molar-refractivity contribution in [3.8, 4) is 11.9 Å². The summed E-state index contributed by atoms with van der Waals surface area (Å²) >= 11 is 0. The van der Waals surface area contributed by atoms with E-state index in [2.05, 4.69) is 15.6 Å². The summed E-state index contributed by atoms with van der Waals surface area (Å²) < 4.78 is 32.3. The number of ether oxygens (including phenoxy) is 1. The van der Waals surface area contributed by atoms with Crippen LogP contribution in [0.4, 0.5) is 4.79 Å². The zero-order valence-electron chi connectivity index (χ0n) is 14.6. The maximum absolute atomic E-state index is 12.6. The molecule has 10 nitrogen and oxygen atoms in total. The molecular formula is C16H19N5O5S. The molecule has 3 amide bonds. The first-order valence-corrected chi connectivity index (χ1v) is 9.97. The van der Waals surface area contributed by atoms with Crippen LogP contribution < -0.4 is 15.4 Å². The molecule has 0 radical (unpaired) electrons. The minimum absolute atomic E-state index is 0.193. The van der Waals surface area contributed by atoms with Crippen LogP contribution in [0.15, 0.2) is 18.3 Å². The Balaban J connectivity index is 1.57. The minimum Gasteiger partial charge on any atom is -0.474 e. The van der Waals surface area contributed by atoms with E-state index in [0.717, 1.165) is 0 Å². The maximum atomic E-state index is 12.6. The van der Waals surface area contributed by atoms with Gasteiger partial charge in [-0.3, -0.25) is 10.1 Å². The highest BCUT2D eigenvalue weighted by atomic mass is 32.2. The smallest absolute Gasteiger partial charge is 0.322 e. The molecule has 3 heterocycles. The number of hydrogen-bond acceptors (Lipinski definition) is 7. The Labute approximate surface area is 156 Å². The van der Waals surface area contributed by atoms with Crippen molar-refractivity contribution >= 4 is 22.0 Å². The maximum Gasteiger partial charge on any atom is 0.322 e. The summed E-state index contributed by atoms with van der Waals surface area (Å²) in [4.78, 5) is 27.2. The highest BCUT2D eigenvalue weighted by Gasteiger charge is 2.46. The molecule has 2 aliphatic heterocycles. The normalized spacial score (nSPS) is 24.1. The number of piperidine rings is 1. The van der Waals surface area contributed by atoms with E-state index in [9.17, 15) is 18.0 Å². The molecule has 0 aromatic carbocycles. The van der Waals surface area contributed by atoms with Crippen LogP contribution in [-0.2, 0) is 14.8 Å². The van der Waals surface area contributed by atoms with Gasteiger partial charge in [-0.15, -0.1) is 0 Å². The molecular weight excluding hydrogens is 374 g/mol. The Hall–Kier alpha value is -2.71. The summed E-state index contributed by atoms with van der Waals surface area (Å²) in [5.74, 6) is -0.769. The van der Waals surface area contributed by atoms with Crippen LogP contribution >= 0.6 is 0 Å². The monoisotopic (exact) mass is 393 g/mol. The number of nitrogens with one attached hydrogen (secondary N) is 2. The Morgan fingerprint density at radius 3 is 2.59 bits per heavy atom. The third kappa shape index (κ3) is 4.17. The summed E-state index contributed by atoms with van der Waals surface area (Å²) in [6, 6.07) is 4.48. The quantitative estimate of drug-likeness (QED) is 0.656. The van der Waals surface area contributed by atoms with E-state index in [4.69, 9.17) is 10.00 Å². The molecule has 1 atom stereocenters. The Morgan fingerprint density at radius 1 is 1.37 bits per heavy atom. The van der Waals surface area contributed by atoms with Gasteiger partial charge in [0.15, 0.2) is 0 Å². The van der Waals surface area contributed by atoms with Gasteiger partial charge >= 0.3 is 6.03 Å². The number of urea groups is 1. The molecule has 11 heteroatoms. The van der Waals surface area contributed by atoms with Crippen molar-refractivity contribution in [1.29, 1.82) is 5.26 Å². The lowest BCUT2D eigenvalue weighted by Crippen LogP contribution is -2.53. The van der Waals surface area contributed by atoms with Crippen molar-refractivity contribution in [1.82, 2.24) is 19.9 Å². The van der Waals surface area contributed by atoms with E-state index in [0.29, 0.717) is 24.3 Å². The average molecular weight is 393 g/mol. The Kier molecular flexibility index (Phi) is 5.03. The zero-order valence-corrected chi connectivity index (χ0v) is 15.5. The van der Waals surface area contributed by atoms with E-state index in [1.807, 2.05) is 6.07 Å². The third-order valence-electron chi connectivity index (χ3n) is 4.54. The largest absolute Gasteiger partial charge is 0.474 e. The van der Waals surface area contributed by atoms with Gasteiger partial charge in [-0.2, -0.15) is 5.26 Å². The van der Waals surface area contributed by atoms with Crippen LogP contribution in [0, 0.1) is 11.3 Å². The molecule has 2 saturated heterocycles. The number of carbonyl (C=O) groups is 2. The van der Waals surface area contributed by atoms with Crippen molar-refractivity contribution in [2.24, 2.45) is 0 Å². The number of nitrogens with zero attached hydrogens (tertiary/aromatic N) is 3. The number of carbonyl (C=O) groups excluding carboxylic acids is 2. The highest BCUT2D eigenvalue weighted by molar-refractivity contribution is 7.89. The first-order chi connectivity index (χ1) is 12.7. The molecule has 27 heavy (non-hydrogen) atoms. The van der Waals surface area contributed by atoms with Gasteiger partial charge in [0.1, 0.15) is 17.7 Å². The van der Waals surface area contributed by atoms with E-state index in [1.54, 1.807) is 12.1 Å². The fourth-order valence-corrected chi connectivity index (χ4v) is 4.94. The van der Waals surface area contributed by atoms with Crippen LogP contribution in [0.25, 0.3) is 0 Å². The minimum atomic E-state index is -3.74. The van der Waals surface area contributed by atoms with Crippen molar-refractivity contribution < 1.29 is 22.7 Å². The number of pyridine rings is 1. The van der Waals surface area contributed by atoms with E-state index < -0.39 is 33.3 Å². The number of rotatable bonds is 5. The summed E-state index contributed by atoms with van der Waals surface area (Å²) in [5, 5.41) is 13.2. The van der Waals surface area contributed by atoms with Crippen LogP contribution in [0.5, 0.6) is 5.88 Å². The predicted octanol–water partition coefficient (Wildman–Crippen LogP) is -0.276. The number of nitriles is 1. The molecule has 2 fully saturated rings. The molecule has 1 aromatic heterocycles. The van der Waals surface area contributed by atoms with Gasteiger partial charge < -0.3 is 10.1 Å². The van der Waals surface area contributed by atoms with Gasteiger partial charge in [-0.1, -0.05) is 0 Å². The van der Waals surface area contributed by atoms with E-state index >= 15 is 0 Å². The molecule has 0 aliphatic carbocycles. The first kappa shape index (κ1) is 19.1. The number of amides is 3. The zero-order chi connectivity index (χ0) is 19.7. The SMILES string of the molecule is C[C@]1(CS(=O)(=O)N2CCC(Oc3ccc(C#N)cn3)CC2)NC(=O)NC1=O. The fraction of sp³-hybridized carbons (Fsp3) is 0.500. The third-order valence-corrected chi connectivity index (χ3v) is 6.63. The number of sulfonamides is 1. The molecule has 3 rings (SSSR count). The second-order valence-electron chi connectivity index (χ2n) is 6.71. The van der Waals surface area contributed by atoms with Gasteiger partial charge in [-0.05, 0) is 25.8 Å². The van der Waals surface area contributed by atoms with E-state index in [1.165, 1.54) is 17.4 Å². The molecule has 0 saturated carbocycles. The van der Waals surface area contributed by atoms with Crippen LogP contribution in [0.1, 0.15) is 25.3 Å². The van der Waals surface area contributed by atoms with Crippen molar-refractivity contribution in [2.75, 3.05) is 18.8 Å². The second-order valence-corrected chi connectivity index (χ2v) is 8.68. The second kappa shape index (κ2) is 7.13. The number of aromatic nitrogens is 1. The first-order valence-electron chi connectivity index (χ1n) is 8.36. The molecule has 1 aromatic rings. The van der Waals surface area contributed by atoms with Crippen LogP contribution in [0.3, 0.4) is 0 Å². The molecule has 2 N–H and O–H groups in total. The summed E-state index contributed by atoms with van der Waals surface area (Å²) in [7, 11) is -3.74. The fourth-order valence-electron chi connectivity index (χ4n) is 3.05. The molecule has 0 unspecified atom stereocenters. The van der Waals surface area contributed by atoms with Gasteiger partial charge in [0.05, 0.1) is 11.3 Å². The highest BCUT2D eigenvalue weighted by Crippen LogP contribution is 2.22. The van der Waals surface area contributed by atoms with Gasteiger partial charge in [-0.25, -0.2) is 22.5 Å². The van der Waals surface area contributed by atoms with Crippen LogP contribution in [0.2, 0.25) is 0 Å². The average Bonchev–Trinajstić information content (AvgIpc) is 2.87. The molecule has 2 aliphatic rings. The van der Waals surface area contributed by atoms with Gasteiger partial charge in [0, 0.05) is 25.4 Å². The topological polar surface area (TPSA) is 141 Å². The lowest BCUT2D eigenvalue weighted by molar-refractivity contribution is -0.122. The standard InChI is InChI=1S/C16H19N5O5S/c1-16(14(22)19-15(23)20-16)10-27(24,25)21-6-4-12(5-7-21)26-13-3-2-11(8-17)9-18-13/h2-3,9,12H,4-7,10H2,1H3,(H2,19,20,22,23)/t16-/m1/s1. The van der Waals surface area contributed by atoms with Gasteiger partial charge in [0.2, 0.25) is 15.9 Å². The van der Waals surface area contributed by atoms with Crippen molar-refractivity contribution in [3.63, 3.8) is 0 Å². The van der Waals surface area contributed by atoms with Crippen LogP contribution in [-0.4, -0.2) is 60.1 Å². The Bertz CT molecular complexity index is 887. The van der Waals surface area contributed by atoms with E-state index in [-0.39, 0.29) is 19.2 Å². The lowest BCUT2D eigenvalue weighted by Gasteiger charge is -2.33. The Morgan fingerprint density at radius 2 is 2.07 bits per heavy atom.